The number of aromatic nitrogens is 2. The number of rotatable bonds is 5. The van der Waals surface area contributed by atoms with Gasteiger partial charge >= 0.3 is 0 Å². The summed E-state index contributed by atoms with van der Waals surface area (Å²) in [7, 11) is 3.47. The molecule has 3 N–H and O–H groups in total. The lowest BCUT2D eigenvalue weighted by atomic mass is 10.0. The van der Waals surface area contributed by atoms with E-state index in [0.717, 1.165) is 43.2 Å². The number of aryl methyl sites for hydroxylation is 1. The molecule has 6 rings (SSSR count). The second-order valence-electron chi connectivity index (χ2n) is 8.44. The first kappa shape index (κ1) is 24.6. The van der Waals surface area contributed by atoms with E-state index >= 15 is 0 Å². The first-order chi connectivity index (χ1) is 17.5. The highest BCUT2D eigenvalue weighted by Gasteiger charge is 2.19. The van der Waals surface area contributed by atoms with Crippen molar-refractivity contribution >= 4 is 66.7 Å². The molecule has 37 heavy (non-hydrogen) atoms. The molecule has 0 aliphatic heterocycles. The number of halogens is 1. The Balaban J connectivity index is 0.00000280. The summed E-state index contributed by atoms with van der Waals surface area (Å²) in [6.07, 6.45) is 5.11. The number of benzene rings is 2. The zero-order chi connectivity index (χ0) is 24.8. The van der Waals surface area contributed by atoms with Crippen molar-refractivity contribution in [3.05, 3.63) is 84.4 Å². The van der Waals surface area contributed by atoms with Gasteiger partial charge in [-0.2, -0.15) is 0 Å². The van der Waals surface area contributed by atoms with Crippen molar-refractivity contribution in [1.29, 1.82) is 0 Å². The van der Waals surface area contributed by atoms with Crippen LogP contribution in [0.1, 0.15) is 10.5 Å². The first-order valence-electron chi connectivity index (χ1n) is 11.3. The third kappa shape index (κ3) is 4.16. The van der Waals surface area contributed by atoms with Crippen LogP contribution in [-0.2, 0) is 7.05 Å². The van der Waals surface area contributed by atoms with Crippen LogP contribution in [0.25, 0.3) is 43.2 Å². The van der Waals surface area contributed by atoms with E-state index in [9.17, 15) is 4.79 Å². The maximum atomic E-state index is 13.1. The highest BCUT2D eigenvalue weighted by atomic mass is 79.9. The fraction of sp³-hybridized carbons (Fsp3) is 0.0714. The molecular formula is C28H23BrN4O3S. The average molecular weight is 575 g/mol. The van der Waals surface area contributed by atoms with E-state index in [1.54, 1.807) is 37.2 Å². The number of furan rings is 1. The van der Waals surface area contributed by atoms with E-state index in [0.29, 0.717) is 22.9 Å². The van der Waals surface area contributed by atoms with Crippen LogP contribution in [0.4, 0.5) is 11.5 Å². The number of carbonyl (C=O) groups excluding carboxylic acids is 1. The lowest BCUT2D eigenvalue weighted by Gasteiger charge is -2.13. The number of amides is 1. The Morgan fingerprint density at radius 1 is 1.11 bits per heavy atom. The second-order valence-corrected chi connectivity index (χ2v) is 9.32. The van der Waals surface area contributed by atoms with Gasteiger partial charge in [0.05, 0.1) is 25.3 Å². The largest absolute Gasteiger partial charge is 0.495 e. The number of nitrogens with zero attached hydrogens (tertiary/aromatic N) is 2. The van der Waals surface area contributed by atoms with Crippen LogP contribution < -0.4 is 15.8 Å². The second kappa shape index (κ2) is 9.76. The number of fused-ring (bicyclic) bond motifs is 2. The highest BCUT2D eigenvalue weighted by Crippen LogP contribution is 2.43. The predicted molar refractivity (Wildman–Crippen MR) is 155 cm³/mol. The van der Waals surface area contributed by atoms with Crippen molar-refractivity contribution in [2.75, 3.05) is 18.2 Å². The van der Waals surface area contributed by atoms with Crippen LogP contribution in [0.15, 0.2) is 83.1 Å². The number of thiophene rings is 1. The third-order valence-electron chi connectivity index (χ3n) is 6.40. The lowest BCUT2D eigenvalue weighted by Crippen LogP contribution is -2.16. The van der Waals surface area contributed by atoms with E-state index in [4.69, 9.17) is 14.9 Å². The van der Waals surface area contributed by atoms with Gasteiger partial charge in [0, 0.05) is 50.9 Å². The number of methoxy groups -OCH3 is 1. The standard InChI is InChI=1S/C28H22N4O3S.BrH/c1-32-22-6-4-3-5-17(22)11-23(32)28(33)31-21-8-7-16(12-24(21)34-2)20-15-36-26-19(18-9-10-35-14-18)13-30-27(29)25(20)26;/h3-15H,1-2H3,(H2,29,30)(H,31,33);1H. The molecule has 186 valence electrons. The third-order valence-corrected chi connectivity index (χ3v) is 7.42. The molecule has 7 nitrogen and oxygen atoms in total. The van der Waals surface area contributed by atoms with Crippen molar-refractivity contribution in [2.24, 2.45) is 7.05 Å². The quantitative estimate of drug-likeness (QED) is 0.228. The van der Waals surface area contributed by atoms with Crippen molar-refractivity contribution in [2.45, 2.75) is 0 Å². The van der Waals surface area contributed by atoms with Crippen LogP contribution in [0.2, 0.25) is 0 Å². The topological polar surface area (TPSA) is 95.3 Å². The van der Waals surface area contributed by atoms with Gasteiger partial charge in [-0.3, -0.25) is 4.79 Å². The van der Waals surface area contributed by atoms with Crippen molar-refractivity contribution in [3.8, 4) is 28.0 Å². The molecule has 1 amide bonds. The average Bonchev–Trinajstić information content (AvgIpc) is 3.65. The molecule has 0 aliphatic carbocycles. The molecule has 0 unspecified atom stereocenters. The molecule has 4 aromatic heterocycles. The number of ether oxygens (including phenoxy) is 1. The van der Waals surface area contributed by atoms with Gasteiger partial charge < -0.3 is 24.8 Å². The van der Waals surface area contributed by atoms with E-state index < -0.39 is 0 Å². The summed E-state index contributed by atoms with van der Waals surface area (Å²) in [4.78, 5) is 17.6. The van der Waals surface area contributed by atoms with Crippen molar-refractivity contribution in [1.82, 2.24) is 9.55 Å². The molecule has 4 heterocycles. The number of nitrogens with two attached hydrogens (primary N) is 1. The van der Waals surface area contributed by atoms with Gasteiger partial charge in [-0.05, 0) is 41.3 Å². The molecule has 0 fully saturated rings. The summed E-state index contributed by atoms with van der Waals surface area (Å²) in [5.41, 5.74) is 12.3. The van der Waals surface area contributed by atoms with Gasteiger partial charge in [-0.25, -0.2) is 4.98 Å². The van der Waals surface area contributed by atoms with Crippen LogP contribution in [0.3, 0.4) is 0 Å². The lowest BCUT2D eigenvalue weighted by molar-refractivity contribution is 0.101. The van der Waals surface area contributed by atoms with E-state index in [2.05, 4.69) is 15.7 Å². The minimum atomic E-state index is -0.209. The summed E-state index contributed by atoms with van der Waals surface area (Å²) in [5, 5.41) is 6.96. The Morgan fingerprint density at radius 2 is 1.95 bits per heavy atom. The van der Waals surface area contributed by atoms with Gasteiger partial charge in [0.1, 0.15) is 17.3 Å². The van der Waals surface area contributed by atoms with Gasteiger partial charge in [0.2, 0.25) is 0 Å². The molecule has 0 saturated heterocycles. The summed E-state index contributed by atoms with van der Waals surface area (Å²) < 4.78 is 13.8. The summed E-state index contributed by atoms with van der Waals surface area (Å²) >= 11 is 1.60. The molecule has 0 radical (unpaired) electrons. The SMILES string of the molecule is Br.COc1cc(-c2csc3c(-c4ccoc4)cnc(N)c23)ccc1NC(=O)c1cc2ccccc2n1C. The molecule has 0 atom stereocenters. The molecule has 0 saturated carbocycles. The molecular weight excluding hydrogens is 552 g/mol. The number of nitrogens with one attached hydrogen (secondary N) is 1. The first-order valence-corrected chi connectivity index (χ1v) is 12.2. The van der Waals surface area contributed by atoms with Crippen LogP contribution in [-0.4, -0.2) is 22.6 Å². The fourth-order valence-corrected chi connectivity index (χ4v) is 5.68. The monoisotopic (exact) mass is 574 g/mol. The van der Waals surface area contributed by atoms with Gasteiger partial charge in [-0.15, -0.1) is 28.3 Å². The number of hydrogen-bond donors (Lipinski definition) is 2. The molecule has 0 spiro atoms. The predicted octanol–water partition coefficient (Wildman–Crippen LogP) is 7.14. The van der Waals surface area contributed by atoms with Crippen LogP contribution in [0.5, 0.6) is 5.75 Å². The minimum absolute atomic E-state index is 0. The van der Waals surface area contributed by atoms with Crippen LogP contribution >= 0.6 is 28.3 Å². The van der Waals surface area contributed by atoms with Gasteiger partial charge in [0.25, 0.3) is 5.91 Å². The number of pyridine rings is 1. The molecule has 2 aromatic carbocycles. The van der Waals surface area contributed by atoms with E-state index in [-0.39, 0.29) is 22.9 Å². The normalized spacial score (nSPS) is 11.0. The Kier molecular flexibility index (Phi) is 6.49. The van der Waals surface area contributed by atoms with Crippen molar-refractivity contribution < 1.29 is 13.9 Å². The maximum Gasteiger partial charge on any atom is 0.272 e. The summed E-state index contributed by atoms with van der Waals surface area (Å²) in [6, 6.07) is 17.4. The summed E-state index contributed by atoms with van der Waals surface area (Å²) in [6.45, 7) is 0. The van der Waals surface area contributed by atoms with E-state index in [1.165, 1.54) is 0 Å². The Labute approximate surface area is 227 Å². The molecule has 9 heteroatoms. The zero-order valence-corrected chi connectivity index (χ0v) is 22.5. The molecule has 0 aliphatic rings. The number of carbonyl (C=O) groups is 1. The Hall–Kier alpha value is -4.08. The Morgan fingerprint density at radius 3 is 2.70 bits per heavy atom. The van der Waals surface area contributed by atoms with Crippen LogP contribution in [0, 0.1) is 0 Å². The zero-order valence-electron chi connectivity index (χ0n) is 20.0. The number of anilines is 2. The summed E-state index contributed by atoms with van der Waals surface area (Å²) in [5.74, 6) is 0.802. The molecule has 6 aromatic rings. The molecule has 0 bridgehead atoms. The maximum absolute atomic E-state index is 13.1. The van der Waals surface area contributed by atoms with Crippen molar-refractivity contribution in [3.63, 3.8) is 0 Å². The van der Waals surface area contributed by atoms with E-state index in [1.807, 2.05) is 66.2 Å². The Bertz CT molecular complexity index is 1750. The number of nitrogen functional groups attached to an aromatic ring is 1. The van der Waals surface area contributed by atoms with Gasteiger partial charge in [-0.1, -0.05) is 24.3 Å². The fourth-order valence-electron chi connectivity index (χ4n) is 4.56. The highest BCUT2D eigenvalue weighted by molar-refractivity contribution is 8.93. The van der Waals surface area contributed by atoms with Gasteiger partial charge in [0.15, 0.2) is 0 Å². The minimum Gasteiger partial charge on any atom is -0.495 e. The smallest absolute Gasteiger partial charge is 0.272 e. The number of para-hydroxylation sites is 1. The number of hydrogen-bond acceptors (Lipinski definition) is 6.